The number of likely N-dealkylation sites (N-methyl/N-ethyl adjacent to an activating group) is 1. The van der Waals surface area contributed by atoms with Gasteiger partial charge in [-0.25, -0.2) is 15.0 Å². The van der Waals surface area contributed by atoms with Gasteiger partial charge in [0, 0.05) is 19.9 Å². The second-order valence-corrected chi connectivity index (χ2v) is 12.8. The molecule has 0 saturated carbocycles. The molecule has 0 aliphatic carbocycles. The number of primary amides is 1. The fourth-order valence-electron chi connectivity index (χ4n) is 4.34. The Morgan fingerprint density at radius 2 is 1.48 bits per heavy atom. The number of hydrogen-bond donors (Lipinski definition) is 7. The van der Waals surface area contributed by atoms with Crippen LogP contribution in [0.4, 0.5) is 9.59 Å². The molecule has 0 unspecified atom stereocenters. The van der Waals surface area contributed by atoms with Crippen molar-refractivity contribution in [2.24, 2.45) is 5.73 Å². The number of nitrogens with two attached hydrogens (primary N) is 1. The lowest BCUT2D eigenvalue weighted by Crippen LogP contribution is -2.57. The number of hydrogen-bond acceptors (Lipinski definition) is 9. The number of amides is 7. The number of nitrogens with zero attached hydrogens (tertiary/aromatic N) is 1. The molecule has 2 aromatic rings. The van der Waals surface area contributed by atoms with Gasteiger partial charge in [0.1, 0.15) is 29.5 Å². The van der Waals surface area contributed by atoms with Gasteiger partial charge in [-0.1, -0.05) is 42.5 Å². The summed E-state index contributed by atoms with van der Waals surface area (Å²) in [6.45, 7) is 4.53. The molecule has 0 aromatic heterocycles. The number of urea groups is 1. The number of phenolic OH excluding ortho intramolecular Hbond substituents is 1. The third-order valence-electron chi connectivity index (χ3n) is 6.79. The first-order chi connectivity index (χ1) is 22.6. The molecule has 0 fully saturated rings. The van der Waals surface area contributed by atoms with Gasteiger partial charge in [0.2, 0.25) is 17.7 Å². The Morgan fingerprint density at radius 3 is 2.06 bits per heavy atom. The van der Waals surface area contributed by atoms with Crippen LogP contribution in [-0.2, 0) is 36.8 Å². The van der Waals surface area contributed by atoms with E-state index in [9.17, 15) is 33.9 Å². The van der Waals surface area contributed by atoms with Gasteiger partial charge in [0.15, 0.2) is 0 Å². The molecular weight excluding hydrogens is 642 g/mol. The summed E-state index contributed by atoms with van der Waals surface area (Å²) in [5, 5.41) is 17.4. The van der Waals surface area contributed by atoms with Crippen LogP contribution >= 0.6 is 11.8 Å². The van der Waals surface area contributed by atoms with Crippen molar-refractivity contribution >= 4 is 47.5 Å². The summed E-state index contributed by atoms with van der Waals surface area (Å²) in [5.41, 5.74) is 9.77. The zero-order valence-corrected chi connectivity index (χ0v) is 28.5. The summed E-state index contributed by atoms with van der Waals surface area (Å²) >= 11 is 1.44. The van der Waals surface area contributed by atoms with Gasteiger partial charge >= 0.3 is 12.1 Å². The summed E-state index contributed by atoms with van der Waals surface area (Å²) in [6, 6.07) is 10.7. The van der Waals surface area contributed by atoms with E-state index in [0.717, 1.165) is 10.5 Å². The minimum Gasteiger partial charge on any atom is -0.508 e. The molecule has 0 aliphatic heterocycles. The van der Waals surface area contributed by atoms with Crippen LogP contribution < -0.4 is 32.5 Å². The van der Waals surface area contributed by atoms with Crippen LogP contribution in [0, 0.1) is 0 Å². The van der Waals surface area contributed by atoms with E-state index in [1.165, 1.54) is 30.9 Å². The van der Waals surface area contributed by atoms with Crippen molar-refractivity contribution in [3.63, 3.8) is 0 Å². The highest BCUT2D eigenvalue weighted by Crippen LogP contribution is 2.14. The summed E-state index contributed by atoms with van der Waals surface area (Å²) in [6.07, 6.45) is 1.33. The zero-order valence-electron chi connectivity index (χ0n) is 27.7. The van der Waals surface area contributed by atoms with Crippen molar-refractivity contribution < 1.29 is 38.6 Å². The molecule has 15 nitrogen and oxygen atoms in total. The number of aromatic hydroxyl groups is 1. The first kappa shape index (κ1) is 39.2. The van der Waals surface area contributed by atoms with E-state index in [2.05, 4.69) is 21.4 Å². The number of benzene rings is 2. The molecule has 2 aromatic carbocycles. The minimum absolute atomic E-state index is 0.0288. The Labute approximate surface area is 284 Å². The lowest BCUT2D eigenvalue weighted by molar-refractivity contribution is -0.139. The predicted octanol–water partition coefficient (Wildman–Crippen LogP) is 0.951. The SMILES string of the molecule is CSCC[C@@H](NC(=O)[C@H](Cc1ccc(O)cc1)NC(=O)OC(C)(C)C)C(=O)NCC(=O)N(C)[C@@H](Cc1ccccc1)C(=O)NNC(N)=O. The van der Waals surface area contributed by atoms with Gasteiger partial charge in [-0.2, -0.15) is 11.8 Å². The molecule has 262 valence electrons. The van der Waals surface area contributed by atoms with Crippen molar-refractivity contribution in [3.8, 4) is 5.75 Å². The molecule has 0 aliphatic rings. The molecule has 0 saturated heterocycles. The summed E-state index contributed by atoms with van der Waals surface area (Å²) in [7, 11) is 1.38. The topological polar surface area (TPSA) is 221 Å². The first-order valence-corrected chi connectivity index (χ1v) is 16.5. The number of rotatable bonds is 15. The second-order valence-electron chi connectivity index (χ2n) is 11.8. The van der Waals surface area contributed by atoms with E-state index < -0.39 is 66.0 Å². The van der Waals surface area contributed by atoms with Crippen LogP contribution in [0.2, 0.25) is 0 Å². The van der Waals surface area contributed by atoms with Crippen LogP contribution in [-0.4, -0.2) is 95.1 Å². The summed E-state index contributed by atoms with van der Waals surface area (Å²) < 4.78 is 5.33. The van der Waals surface area contributed by atoms with E-state index in [1.807, 2.05) is 11.7 Å². The summed E-state index contributed by atoms with van der Waals surface area (Å²) in [4.78, 5) is 77.8. The number of nitrogens with one attached hydrogen (secondary N) is 5. The molecule has 0 heterocycles. The van der Waals surface area contributed by atoms with E-state index in [-0.39, 0.29) is 25.0 Å². The van der Waals surface area contributed by atoms with Crippen molar-refractivity contribution in [2.75, 3.05) is 25.6 Å². The average Bonchev–Trinajstić information content (AvgIpc) is 3.02. The molecule has 0 bridgehead atoms. The van der Waals surface area contributed by atoms with Gasteiger partial charge in [-0.15, -0.1) is 0 Å². The highest BCUT2D eigenvalue weighted by Gasteiger charge is 2.31. The Morgan fingerprint density at radius 1 is 0.854 bits per heavy atom. The maximum absolute atomic E-state index is 13.5. The molecule has 3 atom stereocenters. The second kappa shape index (κ2) is 19.0. The van der Waals surface area contributed by atoms with Crippen LogP contribution in [0.1, 0.15) is 38.3 Å². The fraction of sp³-hybridized carbons (Fsp3) is 0.438. The quantitative estimate of drug-likeness (QED) is 0.132. The third kappa shape index (κ3) is 14.2. The van der Waals surface area contributed by atoms with Crippen LogP contribution in [0.25, 0.3) is 0 Å². The molecule has 0 radical (unpaired) electrons. The number of phenols is 1. The highest BCUT2D eigenvalue weighted by atomic mass is 32.2. The number of hydrazine groups is 1. The molecule has 48 heavy (non-hydrogen) atoms. The minimum atomic E-state index is -1.15. The number of thioether (sulfide) groups is 1. The van der Waals surface area contributed by atoms with Crippen LogP contribution in [0.5, 0.6) is 5.75 Å². The van der Waals surface area contributed by atoms with Gasteiger partial charge < -0.3 is 36.4 Å². The normalized spacial score (nSPS) is 12.8. The molecule has 7 amide bonds. The van der Waals surface area contributed by atoms with E-state index >= 15 is 0 Å². The molecular formula is C32H45N7O8S. The Bertz CT molecular complexity index is 1400. The van der Waals surface area contributed by atoms with Crippen molar-refractivity contribution in [1.29, 1.82) is 0 Å². The molecule has 8 N–H and O–H groups in total. The number of carbonyl (C=O) groups is 6. The van der Waals surface area contributed by atoms with E-state index in [1.54, 1.807) is 63.2 Å². The fourth-order valence-corrected chi connectivity index (χ4v) is 4.81. The van der Waals surface area contributed by atoms with Crippen molar-refractivity contribution in [1.82, 2.24) is 31.7 Å². The van der Waals surface area contributed by atoms with Crippen LogP contribution in [0.3, 0.4) is 0 Å². The van der Waals surface area contributed by atoms with Gasteiger partial charge in [0.05, 0.1) is 6.54 Å². The van der Waals surface area contributed by atoms with E-state index in [4.69, 9.17) is 10.5 Å². The van der Waals surface area contributed by atoms with Crippen molar-refractivity contribution in [2.45, 2.75) is 63.8 Å². The Balaban J connectivity index is 2.17. The lowest BCUT2D eigenvalue weighted by Gasteiger charge is -2.28. The van der Waals surface area contributed by atoms with Gasteiger partial charge in [-0.05, 0) is 62.5 Å². The molecule has 2 rings (SSSR count). The third-order valence-corrected chi connectivity index (χ3v) is 7.43. The largest absolute Gasteiger partial charge is 0.508 e. The maximum Gasteiger partial charge on any atom is 0.408 e. The van der Waals surface area contributed by atoms with Crippen LogP contribution in [0.15, 0.2) is 54.6 Å². The predicted molar refractivity (Wildman–Crippen MR) is 180 cm³/mol. The first-order valence-electron chi connectivity index (χ1n) is 15.1. The standard InChI is InChI=1S/C32H45N7O8S/c1-32(2,3)47-31(46)36-24(17-21-11-13-22(40)14-12-21)28(43)35-23(15-16-48-5)27(42)34-19-26(41)39(4)25(29(44)37-38-30(33)45)18-20-9-7-6-8-10-20/h6-14,23-25,40H,15-19H2,1-5H3,(H,34,42)(H,35,43)(H,36,46)(H,37,44)(H3,33,38,45)/t23-,24+,25+/m1/s1. The number of carbonyl (C=O) groups excluding carboxylic acids is 6. The highest BCUT2D eigenvalue weighted by molar-refractivity contribution is 7.98. The number of ether oxygens (including phenoxy) is 1. The van der Waals surface area contributed by atoms with Gasteiger partial charge in [0.25, 0.3) is 5.91 Å². The number of alkyl carbamates (subject to hydrolysis) is 1. The van der Waals surface area contributed by atoms with Gasteiger partial charge in [-0.3, -0.25) is 24.6 Å². The maximum atomic E-state index is 13.5. The monoisotopic (exact) mass is 687 g/mol. The Hall–Kier alpha value is -4.99. The smallest absolute Gasteiger partial charge is 0.408 e. The average molecular weight is 688 g/mol. The Kier molecular flexibility index (Phi) is 15.5. The zero-order chi connectivity index (χ0) is 35.9. The lowest BCUT2D eigenvalue weighted by atomic mass is 10.0. The van der Waals surface area contributed by atoms with Crippen molar-refractivity contribution in [3.05, 3.63) is 65.7 Å². The summed E-state index contributed by atoms with van der Waals surface area (Å²) in [5.74, 6) is -2.13. The van der Waals surface area contributed by atoms with E-state index in [0.29, 0.717) is 11.3 Å². The molecule has 16 heteroatoms. The molecule has 0 spiro atoms.